The van der Waals surface area contributed by atoms with Crippen LogP contribution in [0, 0.1) is 6.92 Å². The van der Waals surface area contributed by atoms with Crippen LogP contribution in [0.2, 0.25) is 0 Å². The van der Waals surface area contributed by atoms with E-state index < -0.39 is 0 Å². The van der Waals surface area contributed by atoms with Crippen molar-refractivity contribution in [2.45, 2.75) is 20.0 Å². The van der Waals surface area contributed by atoms with Gasteiger partial charge in [-0.05, 0) is 20.0 Å². The predicted octanol–water partition coefficient (Wildman–Crippen LogP) is 1.97. The Labute approximate surface area is 108 Å². The lowest BCUT2D eigenvalue weighted by Gasteiger charge is -2.09. The molecule has 0 bridgehead atoms. The molecule has 0 saturated carbocycles. The van der Waals surface area contributed by atoms with Crippen LogP contribution < -0.4 is 10.1 Å². The van der Waals surface area contributed by atoms with Crippen molar-refractivity contribution in [3.63, 3.8) is 0 Å². The summed E-state index contributed by atoms with van der Waals surface area (Å²) in [4.78, 5) is 0. The van der Waals surface area contributed by atoms with E-state index in [1.165, 1.54) is 11.1 Å². The number of aromatic nitrogens is 2. The molecule has 0 fully saturated rings. The van der Waals surface area contributed by atoms with Crippen molar-refractivity contribution in [1.29, 1.82) is 0 Å². The predicted molar refractivity (Wildman–Crippen MR) is 71.8 cm³/mol. The van der Waals surface area contributed by atoms with Crippen LogP contribution in [-0.2, 0) is 13.1 Å². The first-order valence-electron chi connectivity index (χ1n) is 6.02. The third-order valence-corrected chi connectivity index (χ3v) is 2.84. The van der Waals surface area contributed by atoms with Crippen molar-refractivity contribution in [3.05, 3.63) is 47.3 Å². The Morgan fingerprint density at radius 1 is 1.39 bits per heavy atom. The van der Waals surface area contributed by atoms with Gasteiger partial charge in [0, 0.05) is 23.9 Å². The molecule has 0 aliphatic carbocycles. The second kappa shape index (κ2) is 5.69. The molecule has 4 heteroatoms. The van der Waals surface area contributed by atoms with Gasteiger partial charge in [0.15, 0.2) is 0 Å². The maximum absolute atomic E-state index is 5.37. The van der Waals surface area contributed by atoms with Gasteiger partial charge in [0.05, 0.1) is 19.9 Å². The van der Waals surface area contributed by atoms with Gasteiger partial charge in [-0.3, -0.25) is 4.68 Å². The molecule has 1 heterocycles. The smallest absolute Gasteiger partial charge is 0.123 e. The topological polar surface area (TPSA) is 39.1 Å². The van der Waals surface area contributed by atoms with E-state index in [2.05, 4.69) is 35.7 Å². The van der Waals surface area contributed by atoms with Crippen molar-refractivity contribution in [2.24, 2.45) is 0 Å². The van der Waals surface area contributed by atoms with Gasteiger partial charge in [-0.25, -0.2) is 0 Å². The fraction of sp³-hybridized carbons (Fsp3) is 0.357. The highest BCUT2D eigenvalue weighted by atomic mass is 16.5. The summed E-state index contributed by atoms with van der Waals surface area (Å²) in [5, 5.41) is 7.47. The highest BCUT2D eigenvalue weighted by Crippen LogP contribution is 2.20. The van der Waals surface area contributed by atoms with Gasteiger partial charge >= 0.3 is 0 Å². The Balaban J connectivity index is 2.19. The minimum Gasteiger partial charge on any atom is -0.496 e. The first-order chi connectivity index (χ1) is 8.72. The Morgan fingerprint density at radius 3 is 2.94 bits per heavy atom. The highest BCUT2D eigenvalue weighted by molar-refractivity contribution is 5.37. The van der Waals surface area contributed by atoms with Crippen molar-refractivity contribution < 1.29 is 4.74 Å². The van der Waals surface area contributed by atoms with E-state index in [1.807, 2.05) is 24.0 Å². The number of nitrogens with one attached hydrogen (secondary N) is 1. The molecule has 1 aromatic heterocycles. The van der Waals surface area contributed by atoms with E-state index in [9.17, 15) is 0 Å². The molecule has 1 aromatic carbocycles. The molecule has 0 aliphatic heterocycles. The lowest BCUT2D eigenvalue weighted by atomic mass is 10.1. The number of nitrogens with zero attached hydrogens (tertiary/aromatic N) is 2. The van der Waals surface area contributed by atoms with Crippen LogP contribution in [0.25, 0.3) is 0 Å². The molecule has 2 rings (SSSR count). The monoisotopic (exact) mass is 245 g/mol. The molecule has 0 amide bonds. The molecule has 18 heavy (non-hydrogen) atoms. The Bertz CT molecular complexity index is 520. The van der Waals surface area contributed by atoms with Crippen LogP contribution in [0.15, 0.2) is 30.6 Å². The average Bonchev–Trinajstić information content (AvgIpc) is 2.77. The molecule has 96 valence electrons. The molecular weight excluding hydrogens is 226 g/mol. The van der Waals surface area contributed by atoms with Crippen LogP contribution in [0.4, 0.5) is 0 Å². The molecule has 1 N–H and O–H groups in total. The second-order valence-corrected chi connectivity index (χ2v) is 4.39. The molecule has 0 unspecified atom stereocenters. The molecule has 0 saturated heterocycles. The molecule has 4 nitrogen and oxygen atoms in total. The number of hydrogen-bond acceptors (Lipinski definition) is 3. The summed E-state index contributed by atoms with van der Waals surface area (Å²) in [5.41, 5.74) is 3.56. The van der Waals surface area contributed by atoms with Crippen molar-refractivity contribution in [3.8, 4) is 5.75 Å². The Hall–Kier alpha value is -1.81. The Morgan fingerprint density at radius 2 is 2.22 bits per heavy atom. The van der Waals surface area contributed by atoms with Gasteiger partial charge < -0.3 is 10.1 Å². The van der Waals surface area contributed by atoms with Crippen LogP contribution in [0.1, 0.15) is 16.7 Å². The first kappa shape index (κ1) is 12.6. The maximum atomic E-state index is 5.37. The second-order valence-electron chi connectivity index (χ2n) is 4.39. The highest BCUT2D eigenvalue weighted by Gasteiger charge is 2.05. The Kier molecular flexibility index (Phi) is 3.99. The SMILES string of the molecule is CNCc1cnn(Cc2cc(C)ccc2OC)c1. The van der Waals surface area contributed by atoms with Crippen LogP contribution in [0.3, 0.4) is 0 Å². The van der Waals surface area contributed by atoms with E-state index in [4.69, 9.17) is 4.74 Å². The van der Waals surface area contributed by atoms with Gasteiger partial charge in [-0.2, -0.15) is 5.10 Å². The van der Waals surface area contributed by atoms with Crippen molar-refractivity contribution >= 4 is 0 Å². The number of benzene rings is 1. The lowest BCUT2D eigenvalue weighted by molar-refractivity contribution is 0.407. The summed E-state index contributed by atoms with van der Waals surface area (Å²) in [6.45, 7) is 3.65. The van der Waals surface area contributed by atoms with Crippen LogP contribution in [0.5, 0.6) is 5.75 Å². The first-order valence-corrected chi connectivity index (χ1v) is 6.02. The van der Waals surface area contributed by atoms with Gasteiger partial charge in [-0.1, -0.05) is 17.7 Å². The normalized spacial score (nSPS) is 10.6. The minimum atomic E-state index is 0.731. The van der Waals surface area contributed by atoms with Gasteiger partial charge in [0.1, 0.15) is 5.75 Å². The molecule has 0 aliphatic rings. The van der Waals surface area contributed by atoms with E-state index in [0.717, 1.165) is 24.4 Å². The molecule has 2 aromatic rings. The molecule has 0 spiro atoms. The zero-order valence-corrected chi connectivity index (χ0v) is 11.1. The summed E-state index contributed by atoms with van der Waals surface area (Å²) in [5.74, 6) is 0.909. The number of ether oxygens (including phenoxy) is 1. The van der Waals surface area contributed by atoms with Crippen molar-refractivity contribution in [1.82, 2.24) is 15.1 Å². The largest absolute Gasteiger partial charge is 0.496 e. The van der Waals surface area contributed by atoms with Gasteiger partial charge in [-0.15, -0.1) is 0 Å². The zero-order chi connectivity index (χ0) is 13.0. The zero-order valence-electron chi connectivity index (χ0n) is 11.1. The number of methoxy groups -OCH3 is 1. The fourth-order valence-electron chi connectivity index (χ4n) is 1.99. The van der Waals surface area contributed by atoms with Crippen LogP contribution >= 0.6 is 0 Å². The summed E-state index contributed by atoms with van der Waals surface area (Å²) in [7, 11) is 3.63. The molecule has 0 radical (unpaired) electrons. The quantitative estimate of drug-likeness (QED) is 0.875. The van der Waals surface area contributed by atoms with E-state index >= 15 is 0 Å². The maximum Gasteiger partial charge on any atom is 0.123 e. The average molecular weight is 245 g/mol. The lowest BCUT2D eigenvalue weighted by Crippen LogP contribution is -2.05. The van der Waals surface area contributed by atoms with E-state index in [0.29, 0.717) is 0 Å². The summed E-state index contributed by atoms with van der Waals surface area (Å²) in [6.07, 6.45) is 3.94. The third kappa shape index (κ3) is 2.90. The van der Waals surface area contributed by atoms with E-state index in [1.54, 1.807) is 7.11 Å². The number of aryl methyl sites for hydroxylation is 1. The molecule has 0 atom stereocenters. The van der Waals surface area contributed by atoms with E-state index in [-0.39, 0.29) is 0 Å². The summed E-state index contributed by atoms with van der Waals surface area (Å²) in [6, 6.07) is 6.19. The molecular formula is C14H19N3O. The van der Waals surface area contributed by atoms with Gasteiger partial charge in [0.2, 0.25) is 0 Å². The number of hydrogen-bond donors (Lipinski definition) is 1. The summed E-state index contributed by atoms with van der Waals surface area (Å²) >= 11 is 0. The third-order valence-electron chi connectivity index (χ3n) is 2.84. The van der Waals surface area contributed by atoms with Crippen molar-refractivity contribution in [2.75, 3.05) is 14.2 Å². The van der Waals surface area contributed by atoms with Gasteiger partial charge in [0.25, 0.3) is 0 Å². The fourth-order valence-corrected chi connectivity index (χ4v) is 1.99. The summed E-state index contributed by atoms with van der Waals surface area (Å²) < 4.78 is 7.31. The standard InChI is InChI=1S/C14H19N3O/c1-11-4-5-14(18-3)13(6-11)10-17-9-12(7-15-2)8-16-17/h4-6,8-9,15H,7,10H2,1-3H3. The minimum absolute atomic E-state index is 0.731. The number of rotatable bonds is 5. The van der Waals surface area contributed by atoms with Crippen LogP contribution in [-0.4, -0.2) is 23.9 Å².